The third-order valence-corrected chi connectivity index (χ3v) is 2.86. The Morgan fingerprint density at radius 2 is 2.12 bits per heavy atom. The molecule has 0 saturated heterocycles. The van der Waals surface area contributed by atoms with Gasteiger partial charge in [0.1, 0.15) is 5.82 Å². The summed E-state index contributed by atoms with van der Waals surface area (Å²) in [5.41, 5.74) is 1.77. The Kier molecular flexibility index (Phi) is 3.54. The van der Waals surface area contributed by atoms with Gasteiger partial charge in [-0.25, -0.2) is 4.39 Å². The monoisotopic (exact) mass is 233 g/mol. The minimum absolute atomic E-state index is 0.141. The summed E-state index contributed by atoms with van der Waals surface area (Å²) in [5, 5.41) is 7.39. The Labute approximate surface area is 100 Å². The first kappa shape index (κ1) is 11.8. The number of nitrogens with zero attached hydrogens (tertiary/aromatic N) is 2. The molecule has 4 heteroatoms. The van der Waals surface area contributed by atoms with Crippen molar-refractivity contribution in [1.29, 1.82) is 0 Å². The highest BCUT2D eigenvalue weighted by Crippen LogP contribution is 2.12. The van der Waals surface area contributed by atoms with E-state index in [-0.39, 0.29) is 11.9 Å². The quantitative estimate of drug-likeness (QED) is 0.878. The van der Waals surface area contributed by atoms with Gasteiger partial charge in [0.25, 0.3) is 0 Å². The highest BCUT2D eigenvalue weighted by Gasteiger charge is 2.09. The fourth-order valence-corrected chi connectivity index (χ4v) is 1.82. The lowest BCUT2D eigenvalue weighted by molar-refractivity contribution is 0.514. The molecular formula is C13H16FN3. The molecule has 2 aromatic rings. The van der Waals surface area contributed by atoms with Gasteiger partial charge < -0.3 is 5.32 Å². The van der Waals surface area contributed by atoms with E-state index in [1.54, 1.807) is 18.3 Å². The largest absolute Gasteiger partial charge is 0.305 e. The minimum atomic E-state index is -0.169. The lowest BCUT2D eigenvalue weighted by atomic mass is 10.2. The van der Waals surface area contributed by atoms with Crippen molar-refractivity contribution in [3.05, 3.63) is 53.6 Å². The number of rotatable bonds is 4. The predicted octanol–water partition coefficient (Wildman–Crippen LogP) is 2.41. The second kappa shape index (κ2) is 5.10. The second-order valence-corrected chi connectivity index (χ2v) is 4.07. The Morgan fingerprint density at radius 1 is 1.35 bits per heavy atom. The van der Waals surface area contributed by atoms with E-state index in [0.29, 0.717) is 12.1 Å². The van der Waals surface area contributed by atoms with Crippen LogP contribution in [0.2, 0.25) is 0 Å². The number of aromatic nitrogens is 2. The van der Waals surface area contributed by atoms with Crippen LogP contribution >= 0.6 is 0 Å². The highest BCUT2D eigenvalue weighted by molar-refractivity contribution is 5.17. The number of benzene rings is 1. The smallest absolute Gasteiger partial charge is 0.127 e. The third kappa shape index (κ3) is 2.71. The maximum Gasteiger partial charge on any atom is 0.127 e. The van der Waals surface area contributed by atoms with Crippen molar-refractivity contribution in [3.63, 3.8) is 0 Å². The van der Waals surface area contributed by atoms with Crippen molar-refractivity contribution in [1.82, 2.24) is 15.1 Å². The van der Waals surface area contributed by atoms with E-state index in [1.807, 2.05) is 30.8 Å². The summed E-state index contributed by atoms with van der Waals surface area (Å²) < 4.78 is 15.2. The molecule has 1 atom stereocenters. The average molecular weight is 233 g/mol. The Bertz CT molecular complexity index is 493. The molecule has 1 aromatic heterocycles. The lowest BCUT2D eigenvalue weighted by Crippen LogP contribution is -2.21. The van der Waals surface area contributed by atoms with Gasteiger partial charge in [-0.05, 0) is 19.1 Å². The van der Waals surface area contributed by atoms with Gasteiger partial charge in [-0.3, -0.25) is 4.68 Å². The molecule has 1 unspecified atom stereocenters. The molecule has 0 bridgehead atoms. The fourth-order valence-electron chi connectivity index (χ4n) is 1.82. The van der Waals surface area contributed by atoms with E-state index < -0.39 is 0 Å². The van der Waals surface area contributed by atoms with Crippen LogP contribution in [-0.2, 0) is 13.6 Å². The molecule has 0 fully saturated rings. The standard InChI is InChI=1S/C13H16FN3/c1-10(13-7-8-16-17(13)2)15-9-11-5-3-4-6-12(11)14/h3-8,10,15H,9H2,1-2H3. The van der Waals surface area contributed by atoms with Crippen LogP contribution in [0.25, 0.3) is 0 Å². The molecule has 1 heterocycles. The van der Waals surface area contributed by atoms with Crippen LogP contribution in [-0.4, -0.2) is 9.78 Å². The predicted molar refractivity (Wildman–Crippen MR) is 64.9 cm³/mol. The van der Waals surface area contributed by atoms with E-state index in [0.717, 1.165) is 5.69 Å². The zero-order valence-electron chi connectivity index (χ0n) is 10.0. The van der Waals surface area contributed by atoms with E-state index in [2.05, 4.69) is 10.4 Å². The summed E-state index contributed by atoms with van der Waals surface area (Å²) in [6.07, 6.45) is 1.76. The van der Waals surface area contributed by atoms with Crippen molar-refractivity contribution in [2.45, 2.75) is 19.5 Å². The first-order chi connectivity index (χ1) is 8.18. The van der Waals surface area contributed by atoms with Gasteiger partial charge in [-0.2, -0.15) is 5.10 Å². The molecule has 1 N–H and O–H groups in total. The van der Waals surface area contributed by atoms with Crippen molar-refractivity contribution < 1.29 is 4.39 Å². The molecule has 0 spiro atoms. The number of halogens is 1. The van der Waals surface area contributed by atoms with Crippen LogP contribution in [0.15, 0.2) is 36.5 Å². The molecule has 0 amide bonds. The zero-order chi connectivity index (χ0) is 12.3. The number of hydrogen-bond acceptors (Lipinski definition) is 2. The first-order valence-corrected chi connectivity index (χ1v) is 5.63. The van der Waals surface area contributed by atoms with Gasteiger partial charge in [-0.15, -0.1) is 0 Å². The van der Waals surface area contributed by atoms with Crippen molar-refractivity contribution in [2.24, 2.45) is 7.05 Å². The number of nitrogens with one attached hydrogen (secondary N) is 1. The Balaban J connectivity index is 2.00. The van der Waals surface area contributed by atoms with E-state index in [1.165, 1.54) is 6.07 Å². The molecule has 1 aromatic carbocycles. The van der Waals surface area contributed by atoms with Crippen LogP contribution in [0.4, 0.5) is 4.39 Å². The van der Waals surface area contributed by atoms with Crippen LogP contribution in [0, 0.1) is 5.82 Å². The average Bonchev–Trinajstić information content (AvgIpc) is 2.74. The van der Waals surface area contributed by atoms with Gasteiger partial charge in [0, 0.05) is 31.4 Å². The molecule has 0 aliphatic carbocycles. The van der Waals surface area contributed by atoms with E-state index >= 15 is 0 Å². The van der Waals surface area contributed by atoms with Gasteiger partial charge >= 0.3 is 0 Å². The first-order valence-electron chi connectivity index (χ1n) is 5.63. The van der Waals surface area contributed by atoms with Gasteiger partial charge in [0.05, 0.1) is 5.69 Å². The Hall–Kier alpha value is -1.68. The number of hydrogen-bond donors (Lipinski definition) is 1. The highest BCUT2D eigenvalue weighted by atomic mass is 19.1. The summed E-state index contributed by atoms with van der Waals surface area (Å²) in [6, 6.07) is 8.91. The molecule has 0 saturated carbocycles. The molecule has 90 valence electrons. The van der Waals surface area contributed by atoms with E-state index in [4.69, 9.17) is 0 Å². The summed E-state index contributed by atoms with van der Waals surface area (Å²) >= 11 is 0. The molecule has 3 nitrogen and oxygen atoms in total. The van der Waals surface area contributed by atoms with Crippen molar-refractivity contribution in [3.8, 4) is 0 Å². The number of aryl methyl sites for hydroxylation is 1. The summed E-state index contributed by atoms with van der Waals surface area (Å²) in [5.74, 6) is -0.169. The van der Waals surface area contributed by atoms with Crippen molar-refractivity contribution in [2.75, 3.05) is 0 Å². The molecular weight excluding hydrogens is 217 g/mol. The Morgan fingerprint density at radius 3 is 2.76 bits per heavy atom. The van der Waals surface area contributed by atoms with Crippen LogP contribution < -0.4 is 5.32 Å². The topological polar surface area (TPSA) is 29.9 Å². The van der Waals surface area contributed by atoms with Crippen LogP contribution in [0.5, 0.6) is 0 Å². The van der Waals surface area contributed by atoms with Crippen LogP contribution in [0.3, 0.4) is 0 Å². The van der Waals surface area contributed by atoms with Crippen molar-refractivity contribution >= 4 is 0 Å². The molecule has 17 heavy (non-hydrogen) atoms. The van der Waals surface area contributed by atoms with Gasteiger partial charge in [0.15, 0.2) is 0 Å². The normalized spacial score (nSPS) is 12.6. The molecule has 2 rings (SSSR count). The third-order valence-electron chi connectivity index (χ3n) is 2.86. The summed E-state index contributed by atoms with van der Waals surface area (Å²) in [4.78, 5) is 0. The van der Waals surface area contributed by atoms with Gasteiger partial charge in [-0.1, -0.05) is 18.2 Å². The van der Waals surface area contributed by atoms with Gasteiger partial charge in [0.2, 0.25) is 0 Å². The van der Waals surface area contributed by atoms with E-state index in [9.17, 15) is 4.39 Å². The molecule has 0 aliphatic rings. The fraction of sp³-hybridized carbons (Fsp3) is 0.308. The summed E-state index contributed by atoms with van der Waals surface area (Å²) in [7, 11) is 1.90. The lowest BCUT2D eigenvalue weighted by Gasteiger charge is -2.14. The summed E-state index contributed by atoms with van der Waals surface area (Å²) in [6.45, 7) is 2.55. The molecule has 0 aliphatic heterocycles. The minimum Gasteiger partial charge on any atom is -0.305 e. The maximum atomic E-state index is 13.4. The zero-order valence-corrected chi connectivity index (χ0v) is 10.0. The SMILES string of the molecule is CC(NCc1ccccc1F)c1ccnn1C. The molecule has 0 radical (unpaired) electrons. The maximum absolute atomic E-state index is 13.4. The second-order valence-electron chi connectivity index (χ2n) is 4.07. The van der Waals surface area contributed by atoms with Crippen LogP contribution in [0.1, 0.15) is 24.2 Å².